The van der Waals surface area contributed by atoms with Gasteiger partial charge in [0.25, 0.3) is 5.56 Å². The van der Waals surface area contributed by atoms with E-state index < -0.39 is 11.4 Å². The molecule has 1 heterocycles. The Morgan fingerprint density at radius 3 is 2.59 bits per heavy atom. The molecule has 1 aromatic carbocycles. The monoisotopic (exact) mass is 489 g/mol. The van der Waals surface area contributed by atoms with Gasteiger partial charge in [-0.1, -0.05) is 32.1 Å². The maximum Gasteiger partial charge on any atom is 0.331 e. The molecule has 0 saturated heterocycles. The van der Waals surface area contributed by atoms with Gasteiger partial charge in [-0.15, -0.1) is 0 Å². The number of rotatable bonds is 8. The number of hydrogen-bond donors (Lipinski definition) is 4. The van der Waals surface area contributed by atoms with E-state index in [0.29, 0.717) is 11.2 Å². The molecule has 0 spiro atoms. The molecule has 0 unspecified atom stereocenters. The Balaban J connectivity index is 1.70. The highest BCUT2D eigenvalue weighted by Crippen LogP contribution is 2.32. The highest BCUT2D eigenvalue weighted by Gasteiger charge is 2.25. The first-order chi connectivity index (χ1) is 16.5. The van der Waals surface area contributed by atoms with Gasteiger partial charge in [0.1, 0.15) is 12.2 Å². The third-order valence-corrected chi connectivity index (χ3v) is 7.38. The Morgan fingerprint density at radius 2 is 1.88 bits per heavy atom. The number of aromatic nitrogens is 2. The number of benzene rings is 1. The Labute approximate surface area is 201 Å². The quantitative estimate of drug-likeness (QED) is 0.195. The summed E-state index contributed by atoms with van der Waals surface area (Å²) in [5.41, 5.74) is 5.62. The van der Waals surface area contributed by atoms with Crippen LogP contribution in [-0.2, 0) is 6.54 Å². The Kier molecular flexibility index (Phi) is 8.04. The largest absolute Gasteiger partial charge is 0.380 e. The van der Waals surface area contributed by atoms with E-state index in [9.17, 15) is 9.59 Å². The van der Waals surface area contributed by atoms with E-state index in [1.54, 1.807) is 10.6 Å². The average Bonchev–Trinajstić information content (AvgIpc) is 3.35. The van der Waals surface area contributed by atoms with Gasteiger partial charge in [0.2, 0.25) is 0 Å². The molecule has 184 valence electrons. The molecule has 1 aromatic heterocycles. The molecule has 4 rings (SSSR count). The first kappa shape index (κ1) is 24.5. The minimum absolute atomic E-state index is 0.00690. The van der Waals surface area contributed by atoms with Gasteiger partial charge in [-0.25, -0.2) is 14.2 Å². The third-order valence-electron chi connectivity index (χ3n) is 6.72. The van der Waals surface area contributed by atoms with Gasteiger partial charge >= 0.3 is 5.69 Å². The van der Waals surface area contributed by atoms with E-state index in [0.717, 1.165) is 69.7 Å². The number of nitrogens with one attached hydrogen (secondary N) is 3. The Bertz CT molecular complexity index is 1180. The van der Waals surface area contributed by atoms with Crippen molar-refractivity contribution in [3.8, 4) is 0 Å². The van der Waals surface area contributed by atoms with Crippen LogP contribution >= 0.6 is 11.9 Å². The fourth-order valence-corrected chi connectivity index (χ4v) is 5.51. The fraction of sp³-hybridized carbons (Fsp3) is 0.565. The summed E-state index contributed by atoms with van der Waals surface area (Å²) in [7, 11) is 0. The van der Waals surface area contributed by atoms with Gasteiger partial charge < -0.3 is 11.1 Å². The van der Waals surface area contributed by atoms with E-state index >= 15 is 4.39 Å². The van der Waals surface area contributed by atoms with Gasteiger partial charge in [0, 0.05) is 25.2 Å². The van der Waals surface area contributed by atoms with Gasteiger partial charge in [-0.2, -0.15) is 0 Å². The molecular formula is C23H32FN7O2S. The van der Waals surface area contributed by atoms with Crippen LogP contribution in [0.25, 0.3) is 10.9 Å². The van der Waals surface area contributed by atoms with Crippen molar-refractivity contribution in [3.05, 3.63) is 38.8 Å². The number of anilines is 1. The molecule has 0 atom stereocenters. The molecule has 2 aliphatic rings. The van der Waals surface area contributed by atoms with Crippen LogP contribution in [0.2, 0.25) is 0 Å². The number of nitrogens with two attached hydrogens (primary N) is 1. The maximum absolute atomic E-state index is 15.1. The molecule has 5 N–H and O–H groups in total. The van der Waals surface area contributed by atoms with Crippen molar-refractivity contribution >= 4 is 40.0 Å². The number of fused-ring (bicyclic) bond motifs is 1. The number of amidine groups is 1. The van der Waals surface area contributed by atoms with Crippen LogP contribution in [0.4, 0.5) is 10.1 Å². The fourth-order valence-electron chi connectivity index (χ4n) is 5.06. The number of aliphatic imine (C=N–C) groups is 1. The molecule has 0 bridgehead atoms. The van der Waals surface area contributed by atoms with Crippen LogP contribution in [0.1, 0.15) is 63.8 Å². The van der Waals surface area contributed by atoms with Crippen LogP contribution in [-0.4, -0.2) is 33.2 Å². The first-order valence-electron chi connectivity index (χ1n) is 12.0. The lowest BCUT2D eigenvalue weighted by molar-refractivity contribution is 0.460. The van der Waals surface area contributed by atoms with Gasteiger partial charge in [-0.3, -0.25) is 24.1 Å². The normalized spacial score (nSPS) is 18.0. The Hall–Kier alpha value is -2.66. The van der Waals surface area contributed by atoms with Crippen molar-refractivity contribution in [2.24, 2.45) is 10.7 Å². The number of hydrogen-bond acceptors (Lipinski definition) is 6. The van der Waals surface area contributed by atoms with Crippen molar-refractivity contribution < 1.29 is 4.39 Å². The minimum Gasteiger partial charge on any atom is -0.380 e. The summed E-state index contributed by atoms with van der Waals surface area (Å²) in [4.78, 5) is 30.4. The second-order valence-corrected chi connectivity index (χ2v) is 9.88. The molecule has 9 nitrogen and oxygen atoms in total. The zero-order valence-corrected chi connectivity index (χ0v) is 20.0. The summed E-state index contributed by atoms with van der Waals surface area (Å²) < 4.78 is 20.9. The molecule has 0 aliphatic heterocycles. The SMILES string of the molecule is N=CN=C(N)SNCCn1c(=O)c2cc(F)c(NC3CCCCC3)cc2n(C2CCCC2)c1=O. The van der Waals surface area contributed by atoms with Crippen LogP contribution in [0.5, 0.6) is 0 Å². The summed E-state index contributed by atoms with van der Waals surface area (Å²) in [6, 6.07) is 3.14. The van der Waals surface area contributed by atoms with Crippen LogP contribution in [0, 0.1) is 11.2 Å². The molecule has 0 radical (unpaired) electrons. The highest BCUT2D eigenvalue weighted by molar-refractivity contribution is 8.12. The summed E-state index contributed by atoms with van der Waals surface area (Å²) in [5.74, 6) is -0.470. The van der Waals surface area contributed by atoms with Crippen molar-refractivity contribution in [1.82, 2.24) is 13.9 Å². The number of halogens is 1. The molecule has 2 aromatic rings. The Morgan fingerprint density at radius 1 is 1.18 bits per heavy atom. The number of nitrogens with zero attached hydrogens (tertiary/aromatic N) is 3. The van der Waals surface area contributed by atoms with Crippen LogP contribution < -0.4 is 27.0 Å². The topological polar surface area (TPSA) is 130 Å². The van der Waals surface area contributed by atoms with Crippen molar-refractivity contribution in [3.63, 3.8) is 0 Å². The molecule has 2 aliphatic carbocycles. The van der Waals surface area contributed by atoms with E-state index in [1.165, 1.54) is 17.1 Å². The third kappa shape index (κ3) is 5.35. The molecule has 0 amide bonds. The van der Waals surface area contributed by atoms with E-state index in [4.69, 9.17) is 11.1 Å². The predicted molar refractivity (Wildman–Crippen MR) is 136 cm³/mol. The lowest BCUT2D eigenvalue weighted by Crippen LogP contribution is -2.42. The molecular weight excluding hydrogens is 457 g/mol. The summed E-state index contributed by atoms with van der Waals surface area (Å²) in [6.45, 7) is 0.378. The van der Waals surface area contributed by atoms with Crippen molar-refractivity contribution in [2.75, 3.05) is 11.9 Å². The smallest absolute Gasteiger partial charge is 0.331 e. The molecule has 2 fully saturated rings. The van der Waals surface area contributed by atoms with E-state index in [1.807, 2.05) is 0 Å². The van der Waals surface area contributed by atoms with Crippen molar-refractivity contribution in [2.45, 2.75) is 76.4 Å². The zero-order valence-electron chi connectivity index (χ0n) is 19.2. The highest BCUT2D eigenvalue weighted by atomic mass is 32.2. The second kappa shape index (κ2) is 11.2. The summed E-state index contributed by atoms with van der Waals surface area (Å²) in [6.07, 6.45) is 10.0. The predicted octanol–water partition coefficient (Wildman–Crippen LogP) is 3.32. The first-order valence-corrected chi connectivity index (χ1v) is 12.8. The molecule has 11 heteroatoms. The van der Waals surface area contributed by atoms with Gasteiger partial charge in [0.15, 0.2) is 5.17 Å². The summed E-state index contributed by atoms with van der Waals surface area (Å²) in [5, 5.41) is 10.6. The molecule has 2 saturated carbocycles. The maximum atomic E-state index is 15.1. The lowest BCUT2D eigenvalue weighted by atomic mass is 9.95. The van der Waals surface area contributed by atoms with Crippen LogP contribution in [0.15, 0.2) is 26.7 Å². The standard InChI is InChI=1S/C23H32FN7O2S/c24-18-12-17-20(13-19(18)29-15-6-2-1-3-7-15)31(16-8-4-5-9-16)23(33)30(21(17)32)11-10-28-34-22(26)27-14-25/h12-16,28-29H,1-11H2,(H3,25,26,27). The van der Waals surface area contributed by atoms with Crippen molar-refractivity contribution in [1.29, 1.82) is 5.41 Å². The average molecular weight is 490 g/mol. The summed E-state index contributed by atoms with van der Waals surface area (Å²) >= 11 is 1.02. The second-order valence-electron chi connectivity index (χ2n) is 8.97. The van der Waals surface area contributed by atoms with Gasteiger partial charge in [-0.05, 0) is 49.8 Å². The van der Waals surface area contributed by atoms with E-state index in [-0.39, 0.29) is 41.4 Å². The molecule has 34 heavy (non-hydrogen) atoms. The van der Waals surface area contributed by atoms with Gasteiger partial charge in [0.05, 0.1) is 16.6 Å². The van der Waals surface area contributed by atoms with E-state index in [2.05, 4.69) is 15.0 Å². The van der Waals surface area contributed by atoms with Crippen LogP contribution in [0.3, 0.4) is 0 Å². The minimum atomic E-state index is -0.495. The zero-order chi connectivity index (χ0) is 24.1. The lowest BCUT2D eigenvalue weighted by Gasteiger charge is -2.25.